The molecule has 1 N–H and O–H groups in total. The number of anilines is 1. The summed E-state index contributed by atoms with van der Waals surface area (Å²) in [5.74, 6) is 1.36. The zero-order valence-electron chi connectivity index (χ0n) is 20.4. The van der Waals surface area contributed by atoms with Crippen LogP contribution >= 0.6 is 11.3 Å². The quantitative estimate of drug-likeness (QED) is 0.224. The highest BCUT2D eigenvalue weighted by Crippen LogP contribution is 2.34. The van der Waals surface area contributed by atoms with E-state index in [1.807, 2.05) is 78.2 Å². The van der Waals surface area contributed by atoms with Gasteiger partial charge in [-0.1, -0.05) is 72.8 Å². The number of hydrogen-bond donors (Lipinski definition) is 1. The summed E-state index contributed by atoms with van der Waals surface area (Å²) < 4.78 is 0. The minimum Gasteiger partial charge on any atom is -0.364 e. The van der Waals surface area contributed by atoms with Crippen molar-refractivity contribution in [2.24, 2.45) is 0 Å². The van der Waals surface area contributed by atoms with Gasteiger partial charge in [0.2, 0.25) is 0 Å². The molecule has 0 unspecified atom stereocenters. The van der Waals surface area contributed by atoms with Crippen LogP contribution in [0.5, 0.6) is 0 Å². The van der Waals surface area contributed by atoms with Crippen LogP contribution in [0.4, 0.5) is 5.82 Å². The van der Waals surface area contributed by atoms with Crippen molar-refractivity contribution < 1.29 is 4.79 Å². The monoisotopic (exact) mass is 513 g/mol. The molecule has 0 bridgehead atoms. The molecule has 184 valence electrons. The second-order valence-corrected chi connectivity index (χ2v) is 9.72. The largest absolute Gasteiger partial charge is 0.364 e. The SMILES string of the molecule is O=C(Cc1nccs1)c1ccc(-c2nc(NCc3ccccn3)c3c(-c4ccccc4)cccc3n2)cc1. The molecule has 0 spiro atoms. The zero-order chi connectivity index (χ0) is 25.7. The van der Waals surface area contributed by atoms with Gasteiger partial charge in [0.05, 0.1) is 29.6 Å². The van der Waals surface area contributed by atoms with E-state index in [1.165, 1.54) is 11.3 Å². The Labute approximate surface area is 224 Å². The Hall–Kier alpha value is -4.75. The van der Waals surface area contributed by atoms with Crippen LogP contribution in [0.15, 0.2) is 109 Å². The number of rotatable bonds is 8. The number of pyridine rings is 1. The first kappa shape index (κ1) is 23.6. The fourth-order valence-electron chi connectivity index (χ4n) is 4.36. The Morgan fingerprint density at radius 2 is 1.61 bits per heavy atom. The highest BCUT2D eigenvalue weighted by atomic mass is 32.1. The first-order chi connectivity index (χ1) is 18.7. The molecule has 0 radical (unpaired) electrons. The molecule has 3 aromatic heterocycles. The fourth-order valence-corrected chi connectivity index (χ4v) is 4.98. The Balaban J connectivity index is 1.39. The molecule has 0 atom stereocenters. The molecule has 3 heterocycles. The lowest BCUT2D eigenvalue weighted by Crippen LogP contribution is -2.06. The molecule has 6 rings (SSSR count). The topological polar surface area (TPSA) is 80.7 Å². The lowest BCUT2D eigenvalue weighted by molar-refractivity contribution is 0.0993. The van der Waals surface area contributed by atoms with Gasteiger partial charge in [0.25, 0.3) is 0 Å². The minimum atomic E-state index is 0.0381. The van der Waals surface area contributed by atoms with E-state index >= 15 is 0 Å². The van der Waals surface area contributed by atoms with Crippen LogP contribution in [0.1, 0.15) is 21.1 Å². The Morgan fingerprint density at radius 3 is 2.37 bits per heavy atom. The van der Waals surface area contributed by atoms with Gasteiger partial charge in [-0.2, -0.15) is 0 Å². The third-order valence-corrected chi connectivity index (χ3v) is 7.01. The predicted molar refractivity (Wildman–Crippen MR) is 152 cm³/mol. The summed E-state index contributed by atoms with van der Waals surface area (Å²) in [6, 6.07) is 29.7. The molecule has 6 aromatic rings. The fraction of sp³-hybridized carbons (Fsp3) is 0.0645. The van der Waals surface area contributed by atoms with E-state index in [0.29, 0.717) is 24.4 Å². The first-order valence-electron chi connectivity index (χ1n) is 12.3. The summed E-state index contributed by atoms with van der Waals surface area (Å²) in [5, 5.41) is 7.15. The molecule has 6 nitrogen and oxygen atoms in total. The third-order valence-electron chi connectivity index (χ3n) is 6.23. The number of Topliss-reactive ketones (excluding diaryl/α,β-unsaturated/α-hetero) is 1. The van der Waals surface area contributed by atoms with Crippen LogP contribution in [0.25, 0.3) is 33.4 Å². The number of hydrogen-bond acceptors (Lipinski definition) is 7. The summed E-state index contributed by atoms with van der Waals surface area (Å²) in [5.41, 5.74) is 5.39. The van der Waals surface area contributed by atoms with Crippen molar-refractivity contribution in [2.75, 3.05) is 5.32 Å². The molecule has 0 aliphatic rings. The molecule has 0 fully saturated rings. The van der Waals surface area contributed by atoms with E-state index in [-0.39, 0.29) is 5.78 Å². The number of aromatic nitrogens is 4. The maximum absolute atomic E-state index is 12.7. The van der Waals surface area contributed by atoms with Crippen LogP contribution in [0, 0.1) is 0 Å². The number of nitrogens with zero attached hydrogens (tertiary/aromatic N) is 4. The number of thiazole rings is 1. The molecular formula is C31H23N5OS. The highest BCUT2D eigenvalue weighted by molar-refractivity contribution is 7.09. The first-order valence-corrected chi connectivity index (χ1v) is 13.1. The van der Waals surface area contributed by atoms with Gasteiger partial charge in [-0.3, -0.25) is 9.78 Å². The van der Waals surface area contributed by atoms with Crippen molar-refractivity contribution in [2.45, 2.75) is 13.0 Å². The minimum absolute atomic E-state index is 0.0381. The van der Waals surface area contributed by atoms with Crippen LogP contribution < -0.4 is 5.32 Å². The lowest BCUT2D eigenvalue weighted by Gasteiger charge is -2.14. The van der Waals surface area contributed by atoms with Gasteiger partial charge in [0.15, 0.2) is 11.6 Å². The molecule has 38 heavy (non-hydrogen) atoms. The van der Waals surface area contributed by atoms with Crippen molar-refractivity contribution in [3.05, 3.63) is 125 Å². The van der Waals surface area contributed by atoms with E-state index in [9.17, 15) is 4.79 Å². The molecular weight excluding hydrogens is 490 g/mol. The average molecular weight is 514 g/mol. The van der Waals surface area contributed by atoms with Crippen molar-refractivity contribution in [3.63, 3.8) is 0 Å². The molecule has 0 saturated heterocycles. The summed E-state index contributed by atoms with van der Waals surface area (Å²) in [4.78, 5) is 31.3. The van der Waals surface area contributed by atoms with E-state index in [4.69, 9.17) is 9.97 Å². The average Bonchev–Trinajstić information content (AvgIpc) is 3.49. The maximum atomic E-state index is 12.7. The van der Waals surface area contributed by atoms with Crippen molar-refractivity contribution in [1.29, 1.82) is 0 Å². The molecule has 3 aromatic carbocycles. The number of benzene rings is 3. The second kappa shape index (κ2) is 10.7. The summed E-state index contributed by atoms with van der Waals surface area (Å²) in [6.45, 7) is 0.527. The van der Waals surface area contributed by atoms with Crippen LogP contribution in [0.2, 0.25) is 0 Å². The van der Waals surface area contributed by atoms with Crippen LogP contribution in [0.3, 0.4) is 0 Å². The zero-order valence-corrected chi connectivity index (χ0v) is 21.2. The number of carbonyl (C=O) groups excluding carboxylic acids is 1. The summed E-state index contributed by atoms with van der Waals surface area (Å²) in [6.07, 6.45) is 3.80. The molecule has 0 aliphatic carbocycles. The van der Waals surface area contributed by atoms with Gasteiger partial charge >= 0.3 is 0 Å². The number of fused-ring (bicyclic) bond motifs is 1. The van der Waals surface area contributed by atoms with Crippen molar-refractivity contribution in [1.82, 2.24) is 19.9 Å². The third kappa shape index (κ3) is 5.05. The van der Waals surface area contributed by atoms with Crippen molar-refractivity contribution >= 4 is 33.8 Å². The number of carbonyl (C=O) groups is 1. The van der Waals surface area contributed by atoms with E-state index in [2.05, 4.69) is 33.5 Å². The Morgan fingerprint density at radius 1 is 0.763 bits per heavy atom. The van der Waals surface area contributed by atoms with E-state index in [1.54, 1.807) is 12.4 Å². The predicted octanol–water partition coefficient (Wildman–Crippen LogP) is 6.85. The smallest absolute Gasteiger partial charge is 0.169 e. The standard InChI is InChI=1S/C31H23N5OS/c37-27(19-28-33-17-18-38-28)22-12-14-23(15-13-22)30-35-26-11-6-10-25(21-7-2-1-3-8-21)29(26)31(36-30)34-20-24-9-4-5-16-32-24/h1-18H,19-20H2,(H,34,35,36). The molecule has 0 amide bonds. The van der Waals surface area contributed by atoms with Gasteiger partial charge in [-0.15, -0.1) is 11.3 Å². The van der Waals surface area contributed by atoms with E-state index in [0.717, 1.165) is 44.1 Å². The number of ketones is 1. The van der Waals surface area contributed by atoms with Gasteiger partial charge < -0.3 is 5.32 Å². The van der Waals surface area contributed by atoms with Crippen LogP contribution in [-0.2, 0) is 13.0 Å². The Bertz CT molecular complexity index is 1690. The Kier molecular flexibility index (Phi) is 6.66. The van der Waals surface area contributed by atoms with Gasteiger partial charge in [-0.05, 0) is 29.3 Å². The second-order valence-electron chi connectivity index (χ2n) is 8.74. The van der Waals surface area contributed by atoms with Crippen molar-refractivity contribution in [3.8, 4) is 22.5 Å². The number of nitrogens with one attached hydrogen (secondary N) is 1. The van der Waals surface area contributed by atoms with Crippen LogP contribution in [-0.4, -0.2) is 25.7 Å². The van der Waals surface area contributed by atoms with E-state index < -0.39 is 0 Å². The molecule has 0 aliphatic heterocycles. The van der Waals surface area contributed by atoms with Gasteiger partial charge in [-0.25, -0.2) is 15.0 Å². The van der Waals surface area contributed by atoms with Gasteiger partial charge in [0, 0.05) is 28.9 Å². The summed E-state index contributed by atoms with van der Waals surface area (Å²) >= 11 is 1.49. The summed E-state index contributed by atoms with van der Waals surface area (Å²) in [7, 11) is 0. The lowest BCUT2D eigenvalue weighted by atomic mass is 10.0. The maximum Gasteiger partial charge on any atom is 0.169 e. The molecule has 0 saturated carbocycles. The van der Waals surface area contributed by atoms with Gasteiger partial charge in [0.1, 0.15) is 10.8 Å². The molecule has 7 heteroatoms. The highest BCUT2D eigenvalue weighted by Gasteiger charge is 2.15. The normalized spacial score (nSPS) is 10.9.